The minimum atomic E-state index is -1.14. The Labute approximate surface area is 109 Å². The molecule has 0 spiro atoms. The summed E-state index contributed by atoms with van der Waals surface area (Å²) in [5, 5.41) is 19.4. The van der Waals surface area contributed by atoms with Crippen LogP contribution in [0.4, 0.5) is 5.69 Å². The van der Waals surface area contributed by atoms with Crippen LogP contribution in [0.1, 0.15) is 6.42 Å². The SMILES string of the molecule is N#CCOc1cccc(NC(=O)C(N)CC(=O)O)c1. The van der Waals surface area contributed by atoms with Crippen molar-refractivity contribution in [3.05, 3.63) is 24.3 Å². The minimum absolute atomic E-state index is 0.101. The molecular weight excluding hydrogens is 250 g/mol. The Balaban J connectivity index is 2.64. The highest BCUT2D eigenvalue weighted by molar-refractivity contribution is 5.96. The maximum atomic E-state index is 11.6. The Morgan fingerprint density at radius 2 is 2.26 bits per heavy atom. The second kappa shape index (κ2) is 6.98. The molecule has 1 atom stereocenters. The van der Waals surface area contributed by atoms with Gasteiger partial charge in [-0.05, 0) is 12.1 Å². The molecule has 0 aliphatic carbocycles. The number of anilines is 1. The topological polar surface area (TPSA) is 125 Å². The molecule has 0 saturated carbocycles. The van der Waals surface area contributed by atoms with E-state index in [9.17, 15) is 9.59 Å². The lowest BCUT2D eigenvalue weighted by atomic mass is 10.2. The molecule has 1 rings (SSSR count). The second-order valence-electron chi connectivity index (χ2n) is 3.67. The van der Waals surface area contributed by atoms with E-state index in [2.05, 4.69) is 5.32 Å². The highest BCUT2D eigenvalue weighted by Gasteiger charge is 2.17. The Morgan fingerprint density at radius 3 is 2.89 bits per heavy atom. The van der Waals surface area contributed by atoms with Gasteiger partial charge in [-0.3, -0.25) is 9.59 Å². The van der Waals surface area contributed by atoms with Gasteiger partial charge < -0.3 is 20.9 Å². The summed E-state index contributed by atoms with van der Waals surface area (Å²) in [6, 6.07) is 7.08. The zero-order chi connectivity index (χ0) is 14.3. The second-order valence-corrected chi connectivity index (χ2v) is 3.67. The number of hydrogen-bond donors (Lipinski definition) is 3. The molecule has 1 unspecified atom stereocenters. The number of nitrogens with one attached hydrogen (secondary N) is 1. The summed E-state index contributed by atoms with van der Waals surface area (Å²) < 4.78 is 5.06. The third kappa shape index (κ3) is 5.06. The summed E-state index contributed by atoms with van der Waals surface area (Å²) in [5.74, 6) is -1.32. The number of rotatable bonds is 6. The molecular formula is C12H13N3O4. The lowest BCUT2D eigenvalue weighted by Gasteiger charge is -2.11. The number of carbonyl (C=O) groups is 2. The third-order valence-electron chi connectivity index (χ3n) is 2.14. The Hall–Kier alpha value is -2.59. The Morgan fingerprint density at radius 1 is 1.53 bits per heavy atom. The first-order chi connectivity index (χ1) is 9.02. The molecule has 0 heterocycles. The van der Waals surface area contributed by atoms with Crippen LogP contribution in [0.5, 0.6) is 5.75 Å². The van der Waals surface area contributed by atoms with Crippen LogP contribution in [-0.4, -0.2) is 29.6 Å². The number of carbonyl (C=O) groups excluding carboxylic acids is 1. The maximum absolute atomic E-state index is 11.6. The summed E-state index contributed by atoms with van der Waals surface area (Å²) in [6.07, 6.45) is -0.448. The lowest BCUT2D eigenvalue weighted by molar-refractivity contribution is -0.138. The molecule has 0 saturated heterocycles. The van der Waals surface area contributed by atoms with E-state index in [1.165, 1.54) is 6.07 Å². The lowest BCUT2D eigenvalue weighted by Crippen LogP contribution is -2.37. The maximum Gasteiger partial charge on any atom is 0.305 e. The number of hydrogen-bond acceptors (Lipinski definition) is 5. The van der Waals surface area contributed by atoms with Crippen molar-refractivity contribution in [1.29, 1.82) is 5.26 Å². The largest absolute Gasteiger partial charge is 0.481 e. The van der Waals surface area contributed by atoms with E-state index in [-0.39, 0.29) is 6.61 Å². The van der Waals surface area contributed by atoms with Crippen molar-refractivity contribution < 1.29 is 19.4 Å². The number of benzene rings is 1. The Kier molecular flexibility index (Phi) is 5.32. The summed E-state index contributed by atoms with van der Waals surface area (Å²) in [6.45, 7) is -0.101. The van der Waals surface area contributed by atoms with E-state index >= 15 is 0 Å². The summed E-state index contributed by atoms with van der Waals surface area (Å²) in [4.78, 5) is 22.0. The predicted molar refractivity (Wildman–Crippen MR) is 66.4 cm³/mol. The molecule has 1 amide bonds. The molecule has 0 aliphatic rings. The normalized spacial score (nSPS) is 11.2. The summed E-state index contributed by atoms with van der Waals surface area (Å²) in [7, 11) is 0. The van der Waals surface area contributed by atoms with Gasteiger partial charge in [0, 0.05) is 11.8 Å². The Bertz CT molecular complexity index is 510. The fourth-order valence-electron chi connectivity index (χ4n) is 1.30. The first-order valence-electron chi connectivity index (χ1n) is 5.41. The van der Waals surface area contributed by atoms with E-state index < -0.39 is 24.3 Å². The summed E-state index contributed by atoms with van der Waals surface area (Å²) in [5.41, 5.74) is 5.83. The van der Waals surface area contributed by atoms with Crippen molar-refractivity contribution in [3.63, 3.8) is 0 Å². The number of ether oxygens (including phenoxy) is 1. The number of aliphatic carboxylic acids is 1. The molecule has 1 aromatic rings. The molecule has 0 aliphatic heterocycles. The molecule has 1 aromatic carbocycles. The van der Waals surface area contributed by atoms with Crippen molar-refractivity contribution in [2.24, 2.45) is 5.73 Å². The van der Waals surface area contributed by atoms with Crippen molar-refractivity contribution >= 4 is 17.6 Å². The van der Waals surface area contributed by atoms with Gasteiger partial charge in [0.05, 0.1) is 12.5 Å². The van der Waals surface area contributed by atoms with Gasteiger partial charge in [-0.2, -0.15) is 5.26 Å². The van der Waals surface area contributed by atoms with Gasteiger partial charge in [0.1, 0.15) is 11.8 Å². The first kappa shape index (κ1) is 14.5. The van der Waals surface area contributed by atoms with Crippen LogP contribution in [0.2, 0.25) is 0 Å². The fraction of sp³-hybridized carbons (Fsp3) is 0.250. The minimum Gasteiger partial charge on any atom is -0.481 e. The molecule has 100 valence electrons. The predicted octanol–water partition coefficient (Wildman–Crippen LogP) is 0.329. The monoisotopic (exact) mass is 263 g/mol. The standard InChI is InChI=1S/C12H13N3O4/c13-4-5-19-9-3-1-2-8(6-9)15-12(18)10(14)7-11(16)17/h1-3,6,10H,5,7,14H2,(H,15,18)(H,16,17). The van der Waals surface area contributed by atoms with Crippen LogP contribution in [0.3, 0.4) is 0 Å². The number of carboxylic acids is 1. The molecule has 7 heteroatoms. The molecule has 0 fully saturated rings. The van der Waals surface area contributed by atoms with Crippen LogP contribution < -0.4 is 15.8 Å². The average molecular weight is 263 g/mol. The number of nitriles is 1. The van der Waals surface area contributed by atoms with Gasteiger partial charge in [-0.25, -0.2) is 0 Å². The highest BCUT2D eigenvalue weighted by Crippen LogP contribution is 2.17. The zero-order valence-corrected chi connectivity index (χ0v) is 10.00. The van der Waals surface area contributed by atoms with Gasteiger partial charge in [-0.1, -0.05) is 6.07 Å². The van der Waals surface area contributed by atoms with Crippen LogP contribution in [0, 0.1) is 11.3 Å². The van der Waals surface area contributed by atoms with E-state index in [1.807, 2.05) is 6.07 Å². The smallest absolute Gasteiger partial charge is 0.305 e. The van der Waals surface area contributed by atoms with Crippen LogP contribution in [-0.2, 0) is 9.59 Å². The quantitative estimate of drug-likeness (QED) is 0.679. The third-order valence-corrected chi connectivity index (χ3v) is 2.14. The molecule has 7 nitrogen and oxygen atoms in total. The highest BCUT2D eigenvalue weighted by atomic mass is 16.5. The fourth-order valence-corrected chi connectivity index (χ4v) is 1.30. The van der Waals surface area contributed by atoms with Gasteiger partial charge in [0.15, 0.2) is 6.61 Å². The van der Waals surface area contributed by atoms with E-state index in [0.29, 0.717) is 11.4 Å². The number of nitrogens with two attached hydrogens (primary N) is 1. The molecule has 0 radical (unpaired) electrons. The van der Waals surface area contributed by atoms with Crippen LogP contribution in [0.25, 0.3) is 0 Å². The first-order valence-corrected chi connectivity index (χ1v) is 5.41. The molecule has 19 heavy (non-hydrogen) atoms. The molecule has 0 bridgehead atoms. The van der Waals surface area contributed by atoms with Crippen LogP contribution >= 0.6 is 0 Å². The van der Waals surface area contributed by atoms with Crippen LogP contribution in [0.15, 0.2) is 24.3 Å². The number of carboxylic acid groups (broad SMARTS) is 1. The van der Waals surface area contributed by atoms with E-state index in [1.54, 1.807) is 18.2 Å². The zero-order valence-electron chi connectivity index (χ0n) is 10.00. The van der Waals surface area contributed by atoms with Gasteiger partial charge in [0.25, 0.3) is 0 Å². The van der Waals surface area contributed by atoms with Crippen molar-refractivity contribution in [2.75, 3.05) is 11.9 Å². The van der Waals surface area contributed by atoms with Crippen molar-refractivity contribution in [1.82, 2.24) is 0 Å². The molecule has 4 N–H and O–H groups in total. The van der Waals surface area contributed by atoms with Gasteiger partial charge >= 0.3 is 5.97 Å². The number of nitrogens with zero attached hydrogens (tertiary/aromatic N) is 1. The number of amides is 1. The van der Waals surface area contributed by atoms with Crippen molar-refractivity contribution in [3.8, 4) is 11.8 Å². The molecule has 0 aromatic heterocycles. The van der Waals surface area contributed by atoms with Gasteiger partial charge in [0.2, 0.25) is 5.91 Å². The van der Waals surface area contributed by atoms with Gasteiger partial charge in [-0.15, -0.1) is 0 Å². The van der Waals surface area contributed by atoms with E-state index in [4.69, 9.17) is 20.8 Å². The van der Waals surface area contributed by atoms with Crippen molar-refractivity contribution in [2.45, 2.75) is 12.5 Å². The van der Waals surface area contributed by atoms with E-state index in [0.717, 1.165) is 0 Å². The average Bonchev–Trinajstić information content (AvgIpc) is 2.36. The summed E-state index contributed by atoms with van der Waals surface area (Å²) >= 11 is 0.